The van der Waals surface area contributed by atoms with E-state index in [-0.39, 0.29) is 17.7 Å². The minimum Gasteiger partial charge on any atom is -0.331 e. The molecule has 0 radical (unpaired) electrons. The van der Waals surface area contributed by atoms with Crippen molar-refractivity contribution in [3.8, 4) is 11.1 Å². The number of hydrogen-bond acceptors (Lipinski definition) is 3. The van der Waals surface area contributed by atoms with Gasteiger partial charge in [-0.2, -0.15) is 0 Å². The predicted molar refractivity (Wildman–Crippen MR) is 103 cm³/mol. The van der Waals surface area contributed by atoms with Gasteiger partial charge in [-0.15, -0.1) is 11.3 Å². The van der Waals surface area contributed by atoms with Crippen molar-refractivity contribution in [3.63, 3.8) is 0 Å². The van der Waals surface area contributed by atoms with E-state index in [2.05, 4.69) is 11.4 Å². The van der Waals surface area contributed by atoms with Gasteiger partial charge in [-0.3, -0.25) is 9.59 Å². The van der Waals surface area contributed by atoms with E-state index in [1.54, 1.807) is 17.4 Å². The van der Waals surface area contributed by atoms with Crippen molar-refractivity contribution in [1.29, 1.82) is 0 Å². The molecular weight excluding hydrogens is 342 g/mol. The van der Waals surface area contributed by atoms with E-state index in [0.717, 1.165) is 36.1 Å². The van der Waals surface area contributed by atoms with Crippen LogP contribution in [0.15, 0.2) is 60.0 Å². The van der Waals surface area contributed by atoms with Crippen molar-refractivity contribution in [2.75, 3.05) is 6.54 Å². The molecule has 2 heterocycles. The Morgan fingerprint density at radius 2 is 1.77 bits per heavy atom. The summed E-state index contributed by atoms with van der Waals surface area (Å²) in [5.41, 5.74) is 3.87. The topological polar surface area (TPSA) is 37.4 Å². The average molecular weight is 359 g/mol. The van der Waals surface area contributed by atoms with Crippen LogP contribution in [0.25, 0.3) is 11.1 Å². The van der Waals surface area contributed by atoms with E-state index in [0.29, 0.717) is 11.1 Å². The fourth-order valence-corrected chi connectivity index (χ4v) is 4.99. The fraction of sp³-hybridized carbons (Fsp3) is 0.182. The number of likely N-dealkylation sites (tertiary alicyclic amines) is 1. The Labute approximate surface area is 155 Å². The van der Waals surface area contributed by atoms with Gasteiger partial charge in [0.2, 0.25) is 0 Å². The highest BCUT2D eigenvalue weighted by Gasteiger charge is 2.33. The number of amides is 1. The van der Waals surface area contributed by atoms with E-state index in [1.807, 2.05) is 47.4 Å². The SMILES string of the molecule is O=C1c2ccccc2-c2ccc(C(=O)N3CCCC3c3cccs3)cc21. The van der Waals surface area contributed by atoms with Gasteiger partial charge < -0.3 is 4.90 Å². The smallest absolute Gasteiger partial charge is 0.254 e. The summed E-state index contributed by atoms with van der Waals surface area (Å²) in [6.07, 6.45) is 2.02. The molecule has 128 valence electrons. The summed E-state index contributed by atoms with van der Waals surface area (Å²) in [7, 11) is 0. The van der Waals surface area contributed by atoms with Crippen molar-refractivity contribution in [2.24, 2.45) is 0 Å². The molecule has 2 aliphatic rings. The minimum absolute atomic E-state index is 0.0153. The number of carbonyl (C=O) groups is 2. The van der Waals surface area contributed by atoms with Gasteiger partial charge in [0.15, 0.2) is 5.78 Å². The van der Waals surface area contributed by atoms with Gasteiger partial charge in [0.1, 0.15) is 0 Å². The first-order chi connectivity index (χ1) is 12.7. The van der Waals surface area contributed by atoms with Gasteiger partial charge in [0.05, 0.1) is 6.04 Å². The number of benzene rings is 2. The minimum atomic E-state index is 0.0153. The van der Waals surface area contributed by atoms with Crippen LogP contribution in [0.5, 0.6) is 0 Å². The third-order valence-corrected chi connectivity index (χ3v) is 6.33. The summed E-state index contributed by atoms with van der Waals surface area (Å²) in [5.74, 6) is 0.0361. The summed E-state index contributed by atoms with van der Waals surface area (Å²) in [6, 6.07) is 17.5. The van der Waals surface area contributed by atoms with Gasteiger partial charge in [0.25, 0.3) is 5.91 Å². The number of carbonyl (C=O) groups excluding carboxylic acids is 2. The molecule has 1 aliphatic heterocycles. The fourth-order valence-electron chi connectivity index (χ4n) is 4.11. The van der Waals surface area contributed by atoms with Gasteiger partial charge in [-0.25, -0.2) is 0 Å². The number of thiophene rings is 1. The number of fused-ring (bicyclic) bond motifs is 3. The lowest BCUT2D eigenvalue weighted by Crippen LogP contribution is -2.30. The normalized spacial score (nSPS) is 18.1. The Morgan fingerprint density at radius 1 is 0.962 bits per heavy atom. The molecule has 0 spiro atoms. The van der Waals surface area contributed by atoms with Crippen LogP contribution in [-0.2, 0) is 0 Å². The van der Waals surface area contributed by atoms with Gasteiger partial charge >= 0.3 is 0 Å². The molecule has 5 rings (SSSR count). The highest BCUT2D eigenvalue weighted by Crippen LogP contribution is 2.39. The molecule has 1 unspecified atom stereocenters. The van der Waals surface area contributed by atoms with E-state index in [4.69, 9.17) is 0 Å². The van der Waals surface area contributed by atoms with E-state index in [1.165, 1.54) is 4.88 Å². The summed E-state index contributed by atoms with van der Waals surface area (Å²) >= 11 is 1.70. The summed E-state index contributed by atoms with van der Waals surface area (Å²) in [5, 5.41) is 2.06. The molecule has 4 heteroatoms. The van der Waals surface area contributed by atoms with E-state index < -0.39 is 0 Å². The third-order valence-electron chi connectivity index (χ3n) is 5.36. The summed E-state index contributed by atoms with van der Waals surface area (Å²) < 4.78 is 0. The molecule has 0 bridgehead atoms. The summed E-state index contributed by atoms with van der Waals surface area (Å²) in [4.78, 5) is 29.1. The van der Waals surface area contributed by atoms with Crippen LogP contribution in [0.3, 0.4) is 0 Å². The lowest BCUT2D eigenvalue weighted by atomic mass is 10.0. The van der Waals surface area contributed by atoms with Crippen LogP contribution < -0.4 is 0 Å². The zero-order valence-corrected chi connectivity index (χ0v) is 15.0. The van der Waals surface area contributed by atoms with Gasteiger partial charge in [0, 0.05) is 28.1 Å². The first-order valence-corrected chi connectivity index (χ1v) is 9.74. The second-order valence-electron chi connectivity index (χ2n) is 6.81. The van der Waals surface area contributed by atoms with Crippen molar-refractivity contribution in [1.82, 2.24) is 4.90 Å². The number of rotatable bonds is 2. The molecule has 2 aromatic carbocycles. The van der Waals surface area contributed by atoms with Crippen LogP contribution in [0.1, 0.15) is 50.0 Å². The maximum Gasteiger partial charge on any atom is 0.254 e. The average Bonchev–Trinajstić information content (AvgIpc) is 3.41. The van der Waals surface area contributed by atoms with Crippen LogP contribution in [0.4, 0.5) is 0 Å². The molecule has 26 heavy (non-hydrogen) atoms. The van der Waals surface area contributed by atoms with Crippen LogP contribution in [0, 0.1) is 0 Å². The van der Waals surface area contributed by atoms with E-state index >= 15 is 0 Å². The lowest BCUT2D eigenvalue weighted by molar-refractivity contribution is 0.0738. The van der Waals surface area contributed by atoms with Crippen molar-refractivity contribution in [3.05, 3.63) is 81.5 Å². The number of hydrogen-bond donors (Lipinski definition) is 0. The third kappa shape index (κ3) is 2.26. The Kier molecular flexibility index (Phi) is 3.54. The first kappa shape index (κ1) is 15.5. The molecule has 1 amide bonds. The molecule has 0 saturated carbocycles. The predicted octanol–water partition coefficient (Wildman–Crippen LogP) is 4.94. The van der Waals surface area contributed by atoms with Crippen molar-refractivity contribution in [2.45, 2.75) is 18.9 Å². The quantitative estimate of drug-likeness (QED) is 0.508. The number of nitrogens with zero attached hydrogens (tertiary/aromatic N) is 1. The largest absolute Gasteiger partial charge is 0.331 e. The van der Waals surface area contributed by atoms with Gasteiger partial charge in [-0.05, 0) is 47.5 Å². The van der Waals surface area contributed by atoms with Crippen molar-refractivity contribution >= 4 is 23.0 Å². The molecule has 1 fully saturated rings. The van der Waals surface area contributed by atoms with Gasteiger partial charge in [-0.1, -0.05) is 36.4 Å². The first-order valence-electron chi connectivity index (χ1n) is 8.86. The molecule has 3 aromatic rings. The molecule has 0 N–H and O–H groups in total. The zero-order valence-electron chi connectivity index (χ0n) is 14.1. The van der Waals surface area contributed by atoms with E-state index in [9.17, 15) is 9.59 Å². The Morgan fingerprint density at radius 3 is 2.58 bits per heavy atom. The summed E-state index contributed by atoms with van der Waals surface area (Å²) in [6.45, 7) is 0.770. The molecule has 3 nitrogen and oxygen atoms in total. The van der Waals surface area contributed by atoms with Crippen LogP contribution in [0.2, 0.25) is 0 Å². The second kappa shape index (κ2) is 5.92. The highest BCUT2D eigenvalue weighted by molar-refractivity contribution is 7.10. The van der Waals surface area contributed by atoms with Crippen LogP contribution in [-0.4, -0.2) is 23.1 Å². The second-order valence-corrected chi connectivity index (χ2v) is 7.79. The van der Waals surface area contributed by atoms with Crippen molar-refractivity contribution < 1.29 is 9.59 Å². The maximum atomic E-state index is 13.2. The Hall–Kier alpha value is -2.72. The highest BCUT2D eigenvalue weighted by atomic mass is 32.1. The standard InChI is InChI=1S/C22H17NO2S/c24-21-17-6-2-1-5-15(17)16-10-9-14(13-18(16)21)22(25)23-11-3-7-19(23)20-8-4-12-26-20/h1-2,4-6,8-10,12-13,19H,3,7,11H2. The Bertz CT molecular complexity index is 1020. The molecule has 1 aliphatic carbocycles. The number of ketones is 1. The molecule has 1 saturated heterocycles. The molecule has 1 aromatic heterocycles. The maximum absolute atomic E-state index is 13.2. The monoisotopic (exact) mass is 359 g/mol. The Balaban J connectivity index is 1.50. The lowest BCUT2D eigenvalue weighted by Gasteiger charge is -2.24. The molecular formula is C22H17NO2S. The molecule has 1 atom stereocenters. The van der Waals surface area contributed by atoms with Crippen LogP contribution >= 0.6 is 11.3 Å². The zero-order chi connectivity index (χ0) is 17.7.